The maximum Gasteiger partial charge on any atom is 0.410 e. The first kappa shape index (κ1) is 14.0. The third-order valence-electron chi connectivity index (χ3n) is 2.65. The average Bonchev–Trinajstić information content (AvgIpc) is 2.24. The molecule has 1 heterocycles. The molecule has 4 heteroatoms. The van der Waals surface area contributed by atoms with Crippen molar-refractivity contribution < 1.29 is 9.53 Å². The van der Waals surface area contributed by atoms with Crippen molar-refractivity contribution in [1.82, 2.24) is 10.2 Å². The average molecular weight is 240 g/mol. The molecule has 0 aromatic rings. The fourth-order valence-corrected chi connectivity index (χ4v) is 1.72. The van der Waals surface area contributed by atoms with Crippen molar-refractivity contribution in [3.8, 4) is 0 Å². The molecule has 0 radical (unpaired) electrons. The first-order chi connectivity index (χ1) is 7.92. The van der Waals surface area contributed by atoms with Crippen LogP contribution in [0.2, 0.25) is 0 Å². The van der Waals surface area contributed by atoms with Gasteiger partial charge in [-0.3, -0.25) is 0 Å². The zero-order valence-corrected chi connectivity index (χ0v) is 11.4. The Hall–Kier alpha value is -1.03. The number of hydrogen-bond acceptors (Lipinski definition) is 3. The predicted octanol–water partition coefficient (Wildman–Crippen LogP) is 2.16. The van der Waals surface area contributed by atoms with E-state index in [1.54, 1.807) is 4.90 Å². The molecule has 0 spiro atoms. The maximum atomic E-state index is 11.8. The number of nitrogens with one attached hydrogen (secondary N) is 1. The molecule has 98 valence electrons. The Bertz CT molecular complexity index is 292. The van der Waals surface area contributed by atoms with E-state index in [0.29, 0.717) is 6.54 Å². The van der Waals surface area contributed by atoms with Crippen molar-refractivity contribution in [1.29, 1.82) is 0 Å². The molecule has 0 aliphatic carbocycles. The van der Waals surface area contributed by atoms with Crippen LogP contribution in [0.25, 0.3) is 0 Å². The minimum absolute atomic E-state index is 0.207. The van der Waals surface area contributed by atoms with Crippen molar-refractivity contribution >= 4 is 6.09 Å². The molecule has 17 heavy (non-hydrogen) atoms. The maximum absolute atomic E-state index is 11.8. The lowest BCUT2D eigenvalue weighted by atomic mass is 10.1. The smallest absolute Gasteiger partial charge is 0.410 e. The van der Waals surface area contributed by atoms with Crippen LogP contribution >= 0.6 is 0 Å². The van der Waals surface area contributed by atoms with Gasteiger partial charge in [-0.1, -0.05) is 11.6 Å². The molecule has 0 atom stereocenters. The molecule has 0 saturated heterocycles. The fourth-order valence-electron chi connectivity index (χ4n) is 1.72. The highest BCUT2D eigenvalue weighted by Gasteiger charge is 2.23. The number of ether oxygens (including phenoxy) is 1. The summed E-state index contributed by atoms with van der Waals surface area (Å²) in [7, 11) is 1.95. The van der Waals surface area contributed by atoms with Crippen molar-refractivity contribution in [3.63, 3.8) is 0 Å². The SMILES string of the molecule is CNCCC1=CCN(C(=O)OC(C)(C)C)CC1. The van der Waals surface area contributed by atoms with E-state index < -0.39 is 5.60 Å². The topological polar surface area (TPSA) is 41.6 Å². The summed E-state index contributed by atoms with van der Waals surface area (Å²) in [5, 5.41) is 3.13. The van der Waals surface area contributed by atoms with Crippen LogP contribution in [0.4, 0.5) is 4.79 Å². The van der Waals surface area contributed by atoms with Crippen molar-refractivity contribution in [3.05, 3.63) is 11.6 Å². The minimum Gasteiger partial charge on any atom is -0.444 e. The largest absolute Gasteiger partial charge is 0.444 e. The van der Waals surface area contributed by atoms with E-state index in [-0.39, 0.29) is 6.09 Å². The summed E-state index contributed by atoms with van der Waals surface area (Å²) >= 11 is 0. The Labute approximate surface area is 104 Å². The molecule has 0 fully saturated rings. The molecule has 1 amide bonds. The van der Waals surface area contributed by atoms with E-state index in [0.717, 1.165) is 25.9 Å². The monoisotopic (exact) mass is 240 g/mol. The van der Waals surface area contributed by atoms with Gasteiger partial charge in [-0.15, -0.1) is 0 Å². The summed E-state index contributed by atoms with van der Waals surface area (Å²) in [5.41, 5.74) is 1.02. The van der Waals surface area contributed by atoms with Gasteiger partial charge in [0.1, 0.15) is 5.60 Å². The van der Waals surface area contributed by atoms with Crippen LogP contribution in [0.1, 0.15) is 33.6 Å². The predicted molar refractivity (Wildman–Crippen MR) is 69.1 cm³/mol. The van der Waals surface area contributed by atoms with Crippen LogP contribution in [0.3, 0.4) is 0 Å². The van der Waals surface area contributed by atoms with Gasteiger partial charge in [-0.05, 0) is 47.2 Å². The Morgan fingerprint density at radius 1 is 1.53 bits per heavy atom. The number of rotatable bonds is 3. The van der Waals surface area contributed by atoms with E-state index in [9.17, 15) is 4.79 Å². The zero-order valence-electron chi connectivity index (χ0n) is 11.4. The second-order valence-corrected chi connectivity index (χ2v) is 5.39. The van der Waals surface area contributed by atoms with Gasteiger partial charge >= 0.3 is 6.09 Å². The number of carbonyl (C=O) groups is 1. The van der Waals surface area contributed by atoms with Gasteiger partial charge in [-0.25, -0.2) is 4.79 Å². The quantitative estimate of drug-likeness (QED) is 0.769. The van der Waals surface area contributed by atoms with Crippen molar-refractivity contribution in [2.45, 2.75) is 39.2 Å². The van der Waals surface area contributed by atoms with Crippen LogP contribution in [0.5, 0.6) is 0 Å². The summed E-state index contributed by atoms with van der Waals surface area (Å²) in [6.07, 6.45) is 3.96. The van der Waals surface area contributed by atoms with Gasteiger partial charge in [0.25, 0.3) is 0 Å². The third-order valence-corrected chi connectivity index (χ3v) is 2.65. The Morgan fingerprint density at radius 3 is 2.71 bits per heavy atom. The summed E-state index contributed by atoms with van der Waals surface area (Å²) < 4.78 is 5.34. The third kappa shape index (κ3) is 5.22. The summed E-state index contributed by atoms with van der Waals surface area (Å²) in [6, 6.07) is 0. The second kappa shape index (κ2) is 6.05. The molecule has 4 nitrogen and oxygen atoms in total. The summed E-state index contributed by atoms with van der Waals surface area (Å²) in [5.74, 6) is 0. The van der Waals surface area contributed by atoms with Crippen LogP contribution in [-0.2, 0) is 4.74 Å². The van der Waals surface area contributed by atoms with Crippen molar-refractivity contribution in [2.24, 2.45) is 0 Å². The Balaban J connectivity index is 2.40. The van der Waals surface area contributed by atoms with E-state index >= 15 is 0 Å². The van der Waals surface area contributed by atoms with E-state index in [4.69, 9.17) is 4.74 Å². The summed E-state index contributed by atoms with van der Waals surface area (Å²) in [6.45, 7) is 8.12. The Kier molecular flexibility index (Phi) is 5.00. The highest BCUT2D eigenvalue weighted by Crippen LogP contribution is 2.16. The molecular weight excluding hydrogens is 216 g/mol. The standard InChI is InChI=1S/C13H24N2O2/c1-13(2,3)17-12(16)15-9-6-11(7-10-15)5-8-14-4/h6,14H,5,7-10H2,1-4H3. The van der Waals surface area contributed by atoms with Crippen LogP contribution in [0, 0.1) is 0 Å². The number of nitrogens with zero attached hydrogens (tertiary/aromatic N) is 1. The fraction of sp³-hybridized carbons (Fsp3) is 0.769. The van der Waals surface area contributed by atoms with Crippen molar-refractivity contribution in [2.75, 3.05) is 26.7 Å². The Morgan fingerprint density at radius 2 is 2.24 bits per heavy atom. The van der Waals surface area contributed by atoms with E-state index in [1.165, 1.54) is 5.57 Å². The summed E-state index contributed by atoms with van der Waals surface area (Å²) in [4.78, 5) is 13.6. The van der Waals surface area contributed by atoms with Gasteiger partial charge in [0.15, 0.2) is 0 Å². The lowest BCUT2D eigenvalue weighted by Gasteiger charge is -2.29. The molecule has 0 aromatic carbocycles. The van der Waals surface area contributed by atoms with Gasteiger partial charge in [-0.2, -0.15) is 0 Å². The molecule has 1 N–H and O–H groups in total. The molecule has 0 bridgehead atoms. The first-order valence-corrected chi connectivity index (χ1v) is 6.23. The highest BCUT2D eigenvalue weighted by molar-refractivity contribution is 5.68. The van der Waals surface area contributed by atoms with E-state index in [1.807, 2.05) is 27.8 Å². The van der Waals surface area contributed by atoms with Crippen LogP contribution in [-0.4, -0.2) is 43.3 Å². The van der Waals surface area contributed by atoms with Gasteiger partial charge < -0.3 is 15.0 Å². The lowest BCUT2D eigenvalue weighted by Crippen LogP contribution is -2.39. The molecule has 1 aliphatic heterocycles. The number of hydrogen-bond donors (Lipinski definition) is 1. The number of amides is 1. The number of carbonyl (C=O) groups excluding carboxylic acids is 1. The highest BCUT2D eigenvalue weighted by atomic mass is 16.6. The molecule has 0 saturated carbocycles. The lowest BCUT2D eigenvalue weighted by molar-refractivity contribution is 0.0265. The van der Waals surface area contributed by atoms with Crippen LogP contribution < -0.4 is 5.32 Å². The molecule has 1 rings (SSSR count). The molecule has 1 aliphatic rings. The zero-order chi connectivity index (χ0) is 12.9. The van der Waals surface area contributed by atoms with Gasteiger partial charge in [0.2, 0.25) is 0 Å². The molecular formula is C13H24N2O2. The first-order valence-electron chi connectivity index (χ1n) is 6.23. The van der Waals surface area contributed by atoms with Gasteiger partial charge in [0, 0.05) is 13.1 Å². The second-order valence-electron chi connectivity index (χ2n) is 5.39. The van der Waals surface area contributed by atoms with Crippen LogP contribution in [0.15, 0.2) is 11.6 Å². The molecule has 0 aromatic heterocycles. The normalized spacial score (nSPS) is 16.7. The van der Waals surface area contributed by atoms with Gasteiger partial charge in [0.05, 0.1) is 0 Å². The molecule has 0 unspecified atom stereocenters. The minimum atomic E-state index is -0.410. The van der Waals surface area contributed by atoms with E-state index in [2.05, 4.69) is 11.4 Å².